The maximum absolute atomic E-state index is 13.1. The molecular weight excluding hydrogens is 430 g/mol. The first-order chi connectivity index (χ1) is 15.3. The van der Waals surface area contributed by atoms with E-state index in [2.05, 4.69) is 10.2 Å². The maximum atomic E-state index is 13.1. The van der Waals surface area contributed by atoms with Gasteiger partial charge in [0.25, 0.3) is 5.91 Å². The first kappa shape index (κ1) is 24.0. The summed E-state index contributed by atoms with van der Waals surface area (Å²) in [7, 11) is -3.68. The number of sulfonamides is 1. The summed E-state index contributed by atoms with van der Waals surface area (Å²) in [4.78, 5) is 14.9. The lowest BCUT2D eigenvalue weighted by Crippen LogP contribution is -2.40. The summed E-state index contributed by atoms with van der Waals surface area (Å²) in [5.74, 6) is 0.244. The Bertz CT molecular complexity index is 1030. The minimum atomic E-state index is -3.68. The van der Waals surface area contributed by atoms with E-state index in [1.165, 1.54) is 10.4 Å². The van der Waals surface area contributed by atoms with Crippen molar-refractivity contribution in [2.75, 3.05) is 56.2 Å². The fourth-order valence-electron chi connectivity index (χ4n) is 3.59. The van der Waals surface area contributed by atoms with Crippen molar-refractivity contribution in [3.63, 3.8) is 0 Å². The second kappa shape index (κ2) is 10.8. The van der Waals surface area contributed by atoms with Gasteiger partial charge in [-0.05, 0) is 56.7 Å². The van der Waals surface area contributed by atoms with Crippen LogP contribution in [-0.4, -0.2) is 64.6 Å². The molecule has 8 nitrogen and oxygen atoms in total. The van der Waals surface area contributed by atoms with Gasteiger partial charge in [0.1, 0.15) is 5.75 Å². The van der Waals surface area contributed by atoms with Crippen LogP contribution in [0.4, 0.5) is 11.4 Å². The molecule has 0 aromatic heterocycles. The van der Waals surface area contributed by atoms with Crippen molar-refractivity contribution in [2.45, 2.75) is 25.7 Å². The van der Waals surface area contributed by atoms with Crippen molar-refractivity contribution in [3.8, 4) is 5.75 Å². The SMILES string of the molecule is CCN(CC)c1ccc(S(=O)(=O)N2CCOCC2)cc1NC(=O)COc1cccc(C)c1. The zero-order valence-corrected chi connectivity index (χ0v) is 19.7. The molecule has 0 unspecified atom stereocenters. The lowest BCUT2D eigenvalue weighted by atomic mass is 10.2. The van der Waals surface area contributed by atoms with Crippen LogP contribution in [0, 0.1) is 6.92 Å². The highest BCUT2D eigenvalue weighted by atomic mass is 32.2. The van der Waals surface area contributed by atoms with Crippen molar-refractivity contribution in [2.24, 2.45) is 0 Å². The molecule has 0 aliphatic carbocycles. The van der Waals surface area contributed by atoms with Gasteiger partial charge in [-0.3, -0.25) is 4.79 Å². The molecule has 0 atom stereocenters. The summed E-state index contributed by atoms with van der Waals surface area (Å²) < 4.78 is 38.5. The first-order valence-corrected chi connectivity index (χ1v) is 12.3. The van der Waals surface area contributed by atoms with Crippen LogP contribution < -0.4 is 15.0 Å². The van der Waals surface area contributed by atoms with Crippen LogP contribution in [0.2, 0.25) is 0 Å². The van der Waals surface area contributed by atoms with Gasteiger partial charge in [-0.2, -0.15) is 4.31 Å². The van der Waals surface area contributed by atoms with E-state index in [9.17, 15) is 13.2 Å². The molecular formula is C23H31N3O5S. The molecule has 1 amide bonds. The number of nitrogens with one attached hydrogen (secondary N) is 1. The highest BCUT2D eigenvalue weighted by Crippen LogP contribution is 2.30. The van der Waals surface area contributed by atoms with Gasteiger partial charge in [0.2, 0.25) is 10.0 Å². The Morgan fingerprint density at radius 3 is 2.50 bits per heavy atom. The Kier molecular flexibility index (Phi) is 8.11. The molecule has 1 N–H and O–H groups in total. The van der Waals surface area contributed by atoms with E-state index in [1.54, 1.807) is 18.2 Å². The smallest absolute Gasteiger partial charge is 0.262 e. The Hall–Kier alpha value is -2.62. The third-order valence-electron chi connectivity index (χ3n) is 5.31. The molecule has 0 radical (unpaired) electrons. The van der Waals surface area contributed by atoms with Gasteiger partial charge in [0, 0.05) is 26.2 Å². The third-order valence-corrected chi connectivity index (χ3v) is 7.21. The van der Waals surface area contributed by atoms with E-state index in [-0.39, 0.29) is 17.4 Å². The summed E-state index contributed by atoms with van der Waals surface area (Å²) in [6, 6.07) is 12.3. The zero-order valence-electron chi connectivity index (χ0n) is 18.8. The highest BCUT2D eigenvalue weighted by molar-refractivity contribution is 7.89. The number of rotatable bonds is 9. The van der Waals surface area contributed by atoms with Crippen LogP contribution in [-0.2, 0) is 19.6 Å². The molecule has 174 valence electrons. The van der Waals surface area contributed by atoms with Crippen LogP contribution in [0.5, 0.6) is 5.75 Å². The summed E-state index contributed by atoms with van der Waals surface area (Å²) in [6.07, 6.45) is 0. The molecule has 1 aliphatic heterocycles. The molecule has 32 heavy (non-hydrogen) atoms. The quantitative estimate of drug-likeness (QED) is 0.618. The van der Waals surface area contributed by atoms with Gasteiger partial charge in [0.15, 0.2) is 6.61 Å². The Balaban J connectivity index is 1.83. The summed E-state index contributed by atoms with van der Waals surface area (Å²) in [5.41, 5.74) is 2.24. The second-order valence-corrected chi connectivity index (χ2v) is 9.46. The number of benzene rings is 2. The average Bonchev–Trinajstić information content (AvgIpc) is 2.80. The number of ether oxygens (including phenoxy) is 2. The number of morpholine rings is 1. The zero-order chi connectivity index (χ0) is 23.1. The van der Waals surface area contributed by atoms with Crippen LogP contribution in [0.25, 0.3) is 0 Å². The molecule has 0 bridgehead atoms. The van der Waals surface area contributed by atoms with E-state index in [1.807, 2.05) is 39.0 Å². The van der Waals surface area contributed by atoms with Crippen molar-refractivity contribution in [1.29, 1.82) is 0 Å². The topological polar surface area (TPSA) is 88.2 Å². The van der Waals surface area contributed by atoms with Crippen LogP contribution in [0.1, 0.15) is 19.4 Å². The van der Waals surface area contributed by atoms with Crippen molar-refractivity contribution < 1.29 is 22.7 Å². The number of nitrogens with zero attached hydrogens (tertiary/aromatic N) is 2. The van der Waals surface area contributed by atoms with Gasteiger partial charge in [-0.15, -0.1) is 0 Å². The summed E-state index contributed by atoms with van der Waals surface area (Å²) in [6.45, 7) is 8.59. The van der Waals surface area contributed by atoms with Crippen molar-refractivity contribution in [3.05, 3.63) is 48.0 Å². The molecule has 9 heteroatoms. The highest BCUT2D eigenvalue weighted by Gasteiger charge is 2.27. The lowest BCUT2D eigenvalue weighted by molar-refractivity contribution is -0.118. The predicted octanol–water partition coefficient (Wildman–Crippen LogP) is 2.88. The Morgan fingerprint density at radius 1 is 1.12 bits per heavy atom. The van der Waals surface area contributed by atoms with E-state index in [0.29, 0.717) is 50.8 Å². The van der Waals surface area contributed by atoms with Gasteiger partial charge < -0.3 is 19.7 Å². The summed E-state index contributed by atoms with van der Waals surface area (Å²) >= 11 is 0. The molecule has 3 rings (SSSR count). The van der Waals surface area contributed by atoms with Gasteiger partial charge in [0.05, 0.1) is 29.5 Å². The number of hydrogen-bond donors (Lipinski definition) is 1. The molecule has 0 saturated carbocycles. The fraction of sp³-hybridized carbons (Fsp3) is 0.435. The first-order valence-electron chi connectivity index (χ1n) is 10.8. The second-order valence-electron chi connectivity index (χ2n) is 7.52. The van der Waals surface area contributed by atoms with Crippen LogP contribution >= 0.6 is 0 Å². The lowest BCUT2D eigenvalue weighted by Gasteiger charge is -2.28. The van der Waals surface area contributed by atoms with Gasteiger partial charge in [-0.1, -0.05) is 12.1 Å². The predicted molar refractivity (Wildman–Crippen MR) is 125 cm³/mol. The van der Waals surface area contributed by atoms with Crippen LogP contribution in [0.3, 0.4) is 0 Å². The van der Waals surface area contributed by atoms with Gasteiger partial charge in [-0.25, -0.2) is 8.42 Å². The van der Waals surface area contributed by atoms with Crippen LogP contribution in [0.15, 0.2) is 47.4 Å². The molecule has 1 heterocycles. The molecule has 1 fully saturated rings. The maximum Gasteiger partial charge on any atom is 0.262 e. The Labute approximate surface area is 190 Å². The molecule has 1 aliphatic rings. The molecule has 2 aromatic carbocycles. The minimum absolute atomic E-state index is 0.144. The fourth-order valence-corrected chi connectivity index (χ4v) is 5.03. The molecule has 1 saturated heterocycles. The molecule has 0 spiro atoms. The van der Waals surface area contributed by atoms with E-state index < -0.39 is 10.0 Å². The minimum Gasteiger partial charge on any atom is -0.484 e. The Morgan fingerprint density at radius 2 is 1.84 bits per heavy atom. The largest absolute Gasteiger partial charge is 0.484 e. The monoisotopic (exact) mass is 461 g/mol. The number of amides is 1. The number of anilines is 2. The van der Waals surface area contributed by atoms with Gasteiger partial charge >= 0.3 is 0 Å². The number of carbonyl (C=O) groups excluding carboxylic acids is 1. The third kappa shape index (κ3) is 5.79. The average molecular weight is 462 g/mol. The summed E-state index contributed by atoms with van der Waals surface area (Å²) in [5, 5.41) is 2.85. The number of aryl methyl sites for hydroxylation is 1. The standard InChI is InChI=1S/C23H31N3O5S/c1-4-25(5-2)22-10-9-20(32(28,29)26-11-13-30-14-12-26)16-21(22)24-23(27)17-31-19-8-6-7-18(3)15-19/h6-10,15-16H,4-5,11-14,17H2,1-3H3,(H,24,27). The normalized spacial score (nSPS) is 14.7. The van der Waals surface area contributed by atoms with E-state index in [4.69, 9.17) is 9.47 Å². The van der Waals surface area contributed by atoms with E-state index in [0.717, 1.165) is 11.3 Å². The van der Waals surface area contributed by atoms with Crippen molar-refractivity contribution in [1.82, 2.24) is 4.31 Å². The number of hydrogen-bond acceptors (Lipinski definition) is 6. The molecule has 2 aromatic rings. The van der Waals surface area contributed by atoms with Crippen molar-refractivity contribution >= 4 is 27.3 Å². The number of carbonyl (C=O) groups is 1. The van der Waals surface area contributed by atoms with E-state index >= 15 is 0 Å².